The minimum atomic E-state index is -2.95. The molecule has 0 radical (unpaired) electrons. The van der Waals surface area contributed by atoms with Crippen molar-refractivity contribution < 1.29 is 23.4 Å². The van der Waals surface area contributed by atoms with Gasteiger partial charge < -0.3 is 9.84 Å². The molecule has 1 saturated heterocycles. The molecule has 0 bridgehead atoms. The summed E-state index contributed by atoms with van der Waals surface area (Å²) in [5.41, 5.74) is 0.402. The zero-order valence-corrected chi connectivity index (χ0v) is 19.5. The molecule has 1 fully saturated rings. The quantitative estimate of drug-likeness (QED) is 0.542. The van der Waals surface area contributed by atoms with Crippen LogP contribution in [0.4, 0.5) is 8.78 Å². The Hall–Kier alpha value is -1.77. The number of rotatable bonds is 6. The number of alkyl halides is 2. The predicted octanol–water partition coefficient (Wildman–Crippen LogP) is 6.19. The second-order valence-corrected chi connectivity index (χ2v) is 10.5. The highest BCUT2D eigenvalue weighted by molar-refractivity contribution is 7.15. The fourth-order valence-corrected chi connectivity index (χ4v) is 5.10. The van der Waals surface area contributed by atoms with E-state index in [1.165, 1.54) is 23.5 Å². The van der Waals surface area contributed by atoms with Gasteiger partial charge in [0.25, 0.3) is 0 Å². The Bertz CT molecular complexity index is 932. The van der Waals surface area contributed by atoms with Crippen LogP contribution in [0, 0.1) is 17.3 Å². The number of carboxylic acids is 1. The van der Waals surface area contributed by atoms with Crippen molar-refractivity contribution in [3.63, 3.8) is 0 Å². The average molecular weight is 473 g/mol. The third-order valence-corrected chi connectivity index (χ3v) is 7.36. The SMILES string of the molecule is CC(c1cnc(-c2cc(Cl)ccc2OC(F)F)s1)N1C[C@H](C(=O)O)C[C@@H](C(C)(C)C)C1. The summed E-state index contributed by atoms with van der Waals surface area (Å²) >= 11 is 7.44. The molecular formula is C22H27ClF2N2O3S. The van der Waals surface area contributed by atoms with E-state index < -0.39 is 18.5 Å². The number of hydrogen-bond acceptors (Lipinski definition) is 5. The second-order valence-electron chi connectivity index (χ2n) is 9.05. The van der Waals surface area contributed by atoms with Gasteiger partial charge in [-0.1, -0.05) is 32.4 Å². The van der Waals surface area contributed by atoms with Gasteiger partial charge in [0.2, 0.25) is 0 Å². The van der Waals surface area contributed by atoms with Crippen LogP contribution >= 0.6 is 22.9 Å². The van der Waals surface area contributed by atoms with Crippen molar-refractivity contribution in [2.24, 2.45) is 17.3 Å². The molecule has 9 heteroatoms. The summed E-state index contributed by atoms with van der Waals surface area (Å²) in [4.78, 5) is 19.3. The summed E-state index contributed by atoms with van der Waals surface area (Å²) in [7, 11) is 0. The topological polar surface area (TPSA) is 62.7 Å². The van der Waals surface area contributed by atoms with Gasteiger partial charge >= 0.3 is 12.6 Å². The Balaban J connectivity index is 1.87. The van der Waals surface area contributed by atoms with Crippen molar-refractivity contribution in [3.05, 3.63) is 34.3 Å². The van der Waals surface area contributed by atoms with Gasteiger partial charge in [0.15, 0.2) is 0 Å². The number of aliphatic carboxylic acids is 1. The standard InChI is InChI=1S/C22H27ClF2N2O3S/c1-12(27-10-13(20(28)29)7-14(11-27)22(2,3)4)18-9-26-19(31-18)16-8-15(23)5-6-17(16)30-21(24)25/h5-6,8-9,12-14,21H,7,10-11H2,1-4H3,(H,28,29)/t12?,13-,14-/m1/s1. The Kier molecular flexibility index (Phi) is 7.23. The number of thiazole rings is 1. The van der Waals surface area contributed by atoms with E-state index in [1.54, 1.807) is 12.3 Å². The van der Waals surface area contributed by atoms with Crippen LogP contribution in [0.25, 0.3) is 10.6 Å². The molecule has 170 valence electrons. The molecule has 1 N–H and O–H groups in total. The van der Waals surface area contributed by atoms with E-state index in [-0.39, 0.29) is 23.1 Å². The number of ether oxygens (including phenoxy) is 1. The van der Waals surface area contributed by atoms with Crippen LogP contribution in [-0.4, -0.2) is 40.7 Å². The highest BCUT2D eigenvalue weighted by Crippen LogP contribution is 2.41. The summed E-state index contributed by atoms with van der Waals surface area (Å²) < 4.78 is 30.2. The number of carbonyl (C=O) groups is 1. The summed E-state index contributed by atoms with van der Waals surface area (Å²) in [6, 6.07) is 4.40. The highest BCUT2D eigenvalue weighted by atomic mass is 35.5. The van der Waals surface area contributed by atoms with E-state index in [4.69, 9.17) is 11.6 Å². The van der Waals surface area contributed by atoms with Crippen LogP contribution in [0.2, 0.25) is 5.02 Å². The van der Waals surface area contributed by atoms with Crippen LogP contribution in [0.15, 0.2) is 24.4 Å². The summed E-state index contributed by atoms with van der Waals surface area (Å²) in [6.45, 7) is 6.74. The highest BCUT2D eigenvalue weighted by Gasteiger charge is 2.39. The molecule has 31 heavy (non-hydrogen) atoms. The van der Waals surface area contributed by atoms with Gasteiger partial charge in [-0.15, -0.1) is 11.3 Å². The third kappa shape index (κ3) is 5.73. The minimum Gasteiger partial charge on any atom is -0.481 e. The van der Waals surface area contributed by atoms with Gasteiger partial charge in [-0.2, -0.15) is 8.78 Å². The van der Waals surface area contributed by atoms with Crippen LogP contribution in [0.1, 0.15) is 45.0 Å². The molecule has 2 aromatic rings. The number of carboxylic acid groups (broad SMARTS) is 1. The van der Waals surface area contributed by atoms with Crippen molar-refractivity contribution in [1.29, 1.82) is 0 Å². The Morgan fingerprint density at radius 3 is 2.68 bits per heavy atom. The normalized spacial score (nSPS) is 21.3. The number of piperidine rings is 1. The van der Waals surface area contributed by atoms with Crippen LogP contribution in [0.3, 0.4) is 0 Å². The molecular weight excluding hydrogens is 446 g/mol. The summed E-state index contributed by atoms with van der Waals surface area (Å²) in [5.74, 6) is -0.934. The van der Waals surface area contributed by atoms with Crippen LogP contribution in [0.5, 0.6) is 5.75 Å². The van der Waals surface area contributed by atoms with Crippen molar-refractivity contribution in [3.8, 4) is 16.3 Å². The van der Waals surface area contributed by atoms with Crippen molar-refractivity contribution in [2.45, 2.75) is 46.8 Å². The van der Waals surface area contributed by atoms with Gasteiger partial charge in [-0.25, -0.2) is 4.98 Å². The molecule has 2 heterocycles. The number of halogens is 3. The average Bonchev–Trinajstić information content (AvgIpc) is 3.17. The number of likely N-dealkylation sites (tertiary alicyclic amines) is 1. The molecule has 0 saturated carbocycles. The number of nitrogens with zero attached hydrogens (tertiary/aromatic N) is 2. The Morgan fingerprint density at radius 2 is 2.06 bits per heavy atom. The molecule has 0 aliphatic carbocycles. The molecule has 1 unspecified atom stereocenters. The van der Waals surface area contributed by atoms with E-state index in [1.807, 2.05) is 6.92 Å². The number of aromatic nitrogens is 1. The van der Waals surface area contributed by atoms with E-state index in [0.717, 1.165) is 11.4 Å². The first-order valence-corrected chi connectivity index (χ1v) is 11.3. The molecule has 1 aliphatic heterocycles. The summed E-state index contributed by atoms with van der Waals surface area (Å²) in [6.07, 6.45) is 2.38. The monoisotopic (exact) mass is 472 g/mol. The Morgan fingerprint density at radius 1 is 1.35 bits per heavy atom. The molecule has 5 nitrogen and oxygen atoms in total. The van der Waals surface area contributed by atoms with Gasteiger partial charge in [0.1, 0.15) is 10.8 Å². The maximum absolute atomic E-state index is 12.8. The predicted molar refractivity (Wildman–Crippen MR) is 118 cm³/mol. The van der Waals surface area contributed by atoms with Crippen LogP contribution < -0.4 is 4.74 Å². The van der Waals surface area contributed by atoms with Crippen LogP contribution in [-0.2, 0) is 4.79 Å². The van der Waals surface area contributed by atoms with E-state index in [9.17, 15) is 18.7 Å². The minimum absolute atomic E-state index is 0.00670. The lowest BCUT2D eigenvalue weighted by atomic mass is 9.73. The largest absolute Gasteiger partial charge is 0.481 e. The van der Waals surface area contributed by atoms with Crippen molar-refractivity contribution in [1.82, 2.24) is 9.88 Å². The zero-order valence-electron chi connectivity index (χ0n) is 17.9. The van der Waals surface area contributed by atoms with Gasteiger partial charge in [0, 0.05) is 35.2 Å². The fraction of sp³-hybridized carbons (Fsp3) is 0.545. The van der Waals surface area contributed by atoms with Crippen molar-refractivity contribution >= 4 is 28.9 Å². The lowest BCUT2D eigenvalue weighted by Gasteiger charge is -2.44. The van der Waals surface area contributed by atoms with E-state index in [2.05, 4.69) is 35.4 Å². The summed E-state index contributed by atoms with van der Waals surface area (Å²) in [5, 5.41) is 10.6. The molecule has 1 aliphatic rings. The maximum atomic E-state index is 12.8. The lowest BCUT2D eigenvalue weighted by Crippen LogP contribution is -2.47. The van der Waals surface area contributed by atoms with E-state index >= 15 is 0 Å². The molecule has 3 atom stereocenters. The first kappa shape index (κ1) is 23.9. The van der Waals surface area contributed by atoms with Gasteiger partial charge in [-0.05, 0) is 42.9 Å². The van der Waals surface area contributed by atoms with E-state index in [0.29, 0.717) is 28.6 Å². The first-order valence-electron chi connectivity index (χ1n) is 10.1. The molecule has 0 amide bonds. The molecule has 1 aromatic carbocycles. The number of hydrogen-bond donors (Lipinski definition) is 1. The first-order chi connectivity index (χ1) is 14.5. The lowest BCUT2D eigenvalue weighted by molar-refractivity contribution is -0.145. The molecule has 0 spiro atoms. The second kappa shape index (κ2) is 9.38. The zero-order chi connectivity index (χ0) is 22.9. The number of benzene rings is 1. The molecule has 1 aromatic heterocycles. The maximum Gasteiger partial charge on any atom is 0.387 e. The smallest absolute Gasteiger partial charge is 0.387 e. The van der Waals surface area contributed by atoms with Crippen molar-refractivity contribution in [2.75, 3.05) is 13.1 Å². The third-order valence-electron chi connectivity index (χ3n) is 5.92. The molecule has 3 rings (SSSR count). The van der Waals surface area contributed by atoms with Gasteiger partial charge in [-0.3, -0.25) is 9.69 Å². The Labute approximate surface area is 190 Å². The van der Waals surface area contributed by atoms with Gasteiger partial charge in [0.05, 0.1) is 11.5 Å². The fourth-order valence-electron chi connectivity index (χ4n) is 3.91.